The number of nitrogens with one attached hydrogen (secondary N) is 1. The number of para-hydroxylation sites is 1. The van der Waals surface area contributed by atoms with Gasteiger partial charge in [0.15, 0.2) is 0 Å². The minimum absolute atomic E-state index is 0.385. The third kappa shape index (κ3) is 4.09. The van der Waals surface area contributed by atoms with E-state index in [0.717, 1.165) is 9.15 Å². The molecular weight excluding hydrogens is 410 g/mol. The molecule has 128 valence electrons. The largest absolute Gasteiger partial charge is 0.325 e. The number of tetrazole rings is 1. The summed E-state index contributed by atoms with van der Waals surface area (Å²) in [6, 6.07) is 15.4. The van der Waals surface area contributed by atoms with Gasteiger partial charge in [-0.05, 0) is 46.8 Å². The Bertz CT molecular complexity index is 988. The van der Waals surface area contributed by atoms with Crippen molar-refractivity contribution in [2.75, 3.05) is 11.1 Å². The van der Waals surface area contributed by atoms with E-state index in [-0.39, 0.29) is 5.16 Å². The molecule has 0 fully saturated rings. The van der Waals surface area contributed by atoms with Crippen LogP contribution in [-0.4, -0.2) is 40.3 Å². The number of carbonyl (C=O) groups excluding carboxylic acids is 1. The molecule has 0 bridgehead atoms. The van der Waals surface area contributed by atoms with Gasteiger partial charge in [-0.2, -0.15) is 4.68 Å². The number of hydrogen-bond acceptors (Lipinski definition) is 6. The lowest BCUT2D eigenvalue weighted by Crippen LogP contribution is -2.25. The van der Waals surface area contributed by atoms with Crippen molar-refractivity contribution in [3.05, 3.63) is 59.1 Å². The standard InChI is InChI=1S/C15H12BrN5O3S/c16-11-6-8-12(9-7-11)17-14(22)10-25(23,24)15-18-19-20-21(15)13-4-2-1-3-5-13/h1-9H,10H2,(H,17,22). The Morgan fingerprint density at radius 2 is 1.76 bits per heavy atom. The van der Waals surface area contributed by atoms with Crippen LogP contribution in [0, 0.1) is 0 Å². The van der Waals surface area contributed by atoms with Crippen LogP contribution in [0.1, 0.15) is 0 Å². The molecule has 0 saturated heterocycles. The van der Waals surface area contributed by atoms with Crippen molar-refractivity contribution in [1.82, 2.24) is 20.2 Å². The molecule has 25 heavy (non-hydrogen) atoms. The molecule has 1 aromatic heterocycles. The molecule has 3 aromatic rings. The van der Waals surface area contributed by atoms with Crippen LogP contribution in [0.3, 0.4) is 0 Å². The zero-order chi connectivity index (χ0) is 17.9. The molecule has 8 nitrogen and oxygen atoms in total. The molecule has 0 unspecified atom stereocenters. The van der Waals surface area contributed by atoms with Gasteiger partial charge in [-0.1, -0.05) is 39.2 Å². The van der Waals surface area contributed by atoms with Crippen LogP contribution in [0.5, 0.6) is 0 Å². The first kappa shape index (κ1) is 17.2. The molecule has 0 saturated carbocycles. The van der Waals surface area contributed by atoms with Gasteiger partial charge in [-0.25, -0.2) is 8.42 Å². The SMILES string of the molecule is O=C(CS(=O)(=O)c1nnnn1-c1ccccc1)Nc1ccc(Br)cc1. The molecule has 1 heterocycles. The van der Waals surface area contributed by atoms with Crippen LogP contribution in [0.25, 0.3) is 5.69 Å². The number of benzene rings is 2. The van der Waals surface area contributed by atoms with Gasteiger partial charge in [0.1, 0.15) is 5.75 Å². The van der Waals surface area contributed by atoms with Crippen molar-refractivity contribution in [3.63, 3.8) is 0 Å². The molecule has 3 rings (SSSR count). The summed E-state index contributed by atoms with van der Waals surface area (Å²) in [7, 11) is -4.02. The van der Waals surface area contributed by atoms with E-state index >= 15 is 0 Å². The summed E-state index contributed by atoms with van der Waals surface area (Å²) in [5.74, 6) is -1.44. The van der Waals surface area contributed by atoms with Crippen LogP contribution in [0.2, 0.25) is 0 Å². The third-order valence-corrected chi connectivity index (χ3v) is 5.15. The second-order valence-corrected chi connectivity index (χ2v) is 7.82. The minimum atomic E-state index is -4.02. The van der Waals surface area contributed by atoms with Crippen LogP contribution in [0.15, 0.2) is 64.2 Å². The molecule has 0 aliphatic heterocycles. The van der Waals surface area contributed by atoms with Gasteiger partial charge in [0, 0.05) is 10.2 Å². The first-order chi connectivity index (χ1) is 12.0. The molecule has 0 spiro atoms. The number of sulfone groups is 1. The maximum absolute atomic E-state index is 12.5. The maximum Gasteiger partial charge on any atom is 0.272 e. The lowest BCUT2D eigenvalue weighted by molar-refractivity contribution is -0.113. The number of halogens is 1. The third-order valence-electron chi connectivity index (χ3n) is 3.17. The number of carbonyl (C=O) groups is 1. The van der Waals surface area contributed by atoms with Crippen LogP contribution < -0.4 is 5.32 Å². The fourth-order valence-electron chi connectivity index (χ4n) is 2.07. The van der Waals surface area contributed by atoms with Crippen LogP contribution >= 0.6 is 15.9 Å². The average Bonchev–Trinajstić information content (AvgIpc) is 3.08. The van der Waals surface area contributed by atoms with E-state index in [4.69, 9.17) is 0 Å². The Kier molecular flexibility index (Phi) is 4.91. The van der Waals surface area contributed by atoms with Crippen molar-refractivity contribution < 1.29 is 13.2 Å². The summed E-state index contributed by atoms with van der Waals surface area (Å²) in [4.78, 5) is 12.1. The molecule has 0 aliphatic carbocycles. The lowest BCUT2D eigenvalue weighted by Gasteiger charge is -2.07. The van der Waals surface area contributed by atoms with Crippen molar-refractivity contribution >= 4 is 37.4 Å². The molecule has 0 atom stereocenters. The van der Waals surface area contributed by atoms with Gasteiger partial charge in [-0.15, -0.1) is 0 Å². The van der Waals surface area contributed by atoms with E-state index in [1.807, 2.05) is 0 Å². The monoisotopic (exact) mass is 421 g/mol. The molecule has 0 aliphatic rings. The normalized spacial score (nSPS) is 11.2. The van der Waals surface area contributed by atoms with Crippen molar-refractivity contribution in [3.8, 4) is 5.69 Å². The molecule has 1 N–H and O–H groups in total. The number of anilines is 1. The van der Waals surface area contributed by atoms with Crippen LogP contribution in [0.4, 0.5) is 5.69 Å². The highest BCUT2D eigenvalue weighted by molar-refractivity contribution is 9.10. The zero-order valence-electron chi connectivity index (χ0n) is 12.7. The summed E-state index contributed by atoms with van der Waals surface area (Å²) in [6.45, 7) is 0. The number of amides is 1. The minimum Gasteiger partial charge on any atom is -0.325 e. The van der Waals surface area contributed by atoms with Gasteiger partial charge in [0.2, 0.25) is 15.7 Å². The summed E-state index contributed by atoms with van der Waals surface area (Å²) >= 11 is 3.28. The predicted molar refractivity (Wildman–Crippen MR) is 94.0 cm³/mol. The Hall–Kier alpha value is -2.59. The predicted octanol–water partition coefficient (Wildman–Crippen LogP) is 1.84. The van der Waals surface area contributed by atoms with E-state index in [9.17, 15) is 13.2 Å². The molecular formula is C15H12BrN5O3S. The molecule has 1 amide bonds. The smallest absolute Gasteiger partial charge is 0.272 e. The first-order valence-corrected chi connectivity index (χ1v) is 9.52. The van der Waals surface area contributed by atoms with Crippen LogP contribution in [-0.2, 0) is 14.6 Å². The Morgan fingerprint density at radius 3 is 2.44 bits per heavy atom. The van der Waals surface area contributed by atoms with Crippen molar-refractivity contribution in [1.29, 1.82) is 0 Å². The summed E-state index contributed by atoms with van der Waals surface area (Å²) in [5.41, 5.74) is 0.977. The molecule has 10 heteroatoms. The molecule has 0 radical (unpaired) electrons. The first-order valence-electron chi connectivity index (χ1n) is 7.08. The number of aromatic nitrogens is 4. The van der Waals surface area contributed by atoms with E-state index in [2.05, 4.69) is 36.8 Å². The molecule has 2 aromatic carbocycles. The highest BCUT2D eigenvalue weighted by Gasteiger charge is 2.27. The summed E-state index contributed by atoms with van der Waals surface area (Å²) < 4.78 is 27.0. The number of nitrogens with zero attached hydrogens (tertiary/aromatic N) is 4. The quantitative estimate of drug-likeness (QED) is 0.673. The Morgan fingerprint density at radius 1 is 1.08 bits per heavy atom. The zero-order valence-corrected chi connectivity index (χ0v) is 15.1. The summed E-state index contributed by atoms with van der Waals surface area (Å²) in [6.07, 6.45) is 0. The topological polar surface area (TPSA) is 107 Å². The Balaban J connectivity index is 1.80. The van der Waals surface area contributed by atoms with Gasteiger partial charge >= 0.3 is 0 Å². The number of hydrogen-bond donors (Lipinski definition) is 1. The van der Waals surface area contributed by atoms with Gasteiger partial charge in [-0.3, -0.25) is 4.79 Å². The second-order valence-electron chi connectivity index (χ2n) is 5.02. The second kappa shape index (κ2) is 7.11. The van der Waals surface area contributed by atoms with Gasteiger partial charge in [0.05, 0.1) is 5.69 Å². The fraction of sp³-hybridized carbons (Fsp3) is 0.0667. The summed E-state index contributed by atoms with van der Waals surface area (Å²) in [5, 5.41) is 12.8. The van der Waals surface area contributed by atoms with Crippen molar-refractivity contribution in [2.45, 2.75) is 5.16 Å². The van der Waals surface area contributed by atoms with Gasteiger partial charge in [0.25, 0.3) is 5.16 Å². The average molecular weight is 422 g/mol. The Labute approximate surface area is 151 Å². The highest BCUT2D eigenvalue weighted by Crippen LogP contribution is 2.16. The van der Waals surface area contributed by atoms with E-state index in [1.165, 1.54) is 0 Å². The van der Waals surface area contributed by atoms with Crippen molar-refractivity contribution in [2.24, 2.45) is 0 Å². The fourth-order valence-corrected chi connectivity index (χ4v) is 3.45. The highest BCUT2D eigenvalue weighted by atomic mass is 79.9. The number of rotatable bonds is 5. The van der Waals surface area contributed by atoms with Gasteiger partial charge < -0.3 is 5.32 Å². The maximum atomic E-state index is 12.5. The van der Waals surface area contributed by atoms with E-state index in [1.54, 1.807) is 54.6 Å². The lowest BCUT2D eigenvalue weighted by atomic mass is 10.3. The van der Waals surface area contributed by atoms with E-state index < -0.39 is 21.5 Å². The van der Waals surface area contributed by atoms with E-state index in [0.29, 0.717) is 11.4 Å².